The van der Waals surface area contributed by atoms with E-state index in [2.05, 4.69) is 20.4 Å². The van der Waals surface area contributed by atoms with Crippen LogP contribution >= 0.6 is 12.4 Å². The van der Waals surface area contributed by atoms with Gasteiger partial charge < -0.3 is 14.6 Å². The van der Waals surface area contributed by atoms with Crippen LogP contribution in [0.1, 0.15) is 11.9 Å². The molecule has 0 spiro atoms. The molecule has 1 fully saturated rings. The summed E-state index contributed by atoms with van der Waals surface area (Å²) in [7, 11) is 2.00. The predicted molar refractivity (Wildman–Crippen MR) is 108 cm³/mol. The Bertz CT molecular complexity index is 982. The van der Waals surface area contributed by atoms with E-state index in [1.54, 1.807) is 18.2 Å². The van der Waals surface area contributed by atoms with E-state index in [9.17, 15) is 10.1 Å². The SMILES string of the molecule is CN1CCNCC1c1noc(-c2cc([N+](=O)[O-])ccc2Oc2ccccc2)n1.Cl. The number of halogens is 1. The van der Waals surface area contributed by atoms with Crippen molar-refractivity contribution in [1.29, 1.82) is 0 Å². The number of nitro benzene ring substituents is 1. The van der Waals surface area contributed by atoms with Gasteiger partial charge in [0.05, 0.1) is 16.5 Å². The van der Waals surface area contributed by atoms with Gasteiger partial charge in [-0.1, -0.05) is 23.4 Å². The van der Waals surface area contributed by atoms with Crippen molar-refractivity contribution < 1.29 is 14.2 Å². The Hall–Kier alpha value is -3.01. The normalized spacial score (nSPS) is 16.8. The lowest BCUT2D eigenvalue weighted by Gasteiger charge is -2.30. The average Bonchev–Trinajstić information content (AvgIpc) is 3.19. The van der Waals surface area contributed by atoms with Gasteiger partial charge in [-0.15, -0.1) is 12.4 Å². The fourth-order valence-electron chi connectivity index (χ4n) is 3.08. The molecular formula is C19H20ClN5O4. The number of non-ortho nitro benzene ring substituents is 1. The highest BCUT2D eigenvalue weighted by Gasteiger charge is 2.27. The number of aromatic nitrogens is 2. The second-order valence-electron chi connectivity index (χ2n) is 6.51. The van der Waals surface area contributed by atoms with Gasteiger partial charge in [0.25, 0.3) is 11.6 Å². The zero-order valence-corrected chi connectivity index (χ0v) is 16.5. The highest BCUT2D eigenvalue weighted by atomic mass is 35.5. The highest BCUT2D eigenvalue weighted by molar-refractivity contribution is 5.85. The van der Waals surface area contributed by atoms with Crippen LogP contribution in [0.25, 0.3) is 11.5 Å². The Balaban J connectivity index is 0.00000240. The van der Waals surface area contributed by atoms with Crippen molar-refractivity contribution in [2.24, 2.45) is 0 Å². The summed E-state index contributed by atoms with van der Waals surface area (Å²) in [6, 6.07) is 13.5. The zero-order chi connectivity index (χ0) is 19.5. The summed E-state index contributed by atoms with van der Waals surface area (Å²) in [5, 5.41) is 18.6. The first-order valence-corrected chi connectivity index (χ1v) is 8.88. The number of nitrogens with one attached hydrogen (secondary N) is 1. The van der Waals surface area contributed by atoms with E-state index in [1.807, 2.05) is 25.2 Å². The summed E-state index contributed by atoms with van der Waals surface area (Å²) in [6.07, 6.45) is 0. The van der Waals surface area contributed by atoms with Crippen molar-refractivity contribution in [3.63, 3.8) is 0 Å². The third-order valence-corrected chi connectivity index (χ3v) is 4.63. The number of nitro groups is 1. The highest BCUT2D eigenvalue weighted by Crippen LogP contribution is 2.36. The molecule has 0 bridgehead atoms. The lowest BCUT2D eigenvalue weighted by atomic mass is 10.1. The minimum Gasteiger partial charge on any atom is -0.457 e. The van der Waals surface area contributed by atoms with Gasteiger partial charge in [0.15, 0.2) is 5.82 Å². The van der Waals surface area contributed by atoms with Gasteiger partial charge in [-0.2, -0.15) is 4.98 Å². The van der Waals surface area contributed by atoms with Crippen LogP contribution in [0.3, 0.4) is 0 Å². The molecule has 4 rings (SSSR count). The largest absolute Gasteiger partial charge is 0.457 e. The monoisotopic (exact) mass is 417 g/mol. The van der Waals surface area contributed by atoms with Crippen molar-refractivity contribution >= 4 is 18.1 Å². The van der Waals surface area contributed by atoms with E-state index in [0.29, 0.717) is 29.4 Å². The molecule has 3 aromatic rings. The molecule has 2 heterocycles. The summed E-state index contributed by atoms with van der Waals surface area (Å²) in [4.78, 5) is 17.4. The number of nitrogens with zero attached hydrogens (tertiary/aromatic N) is 4. The van der Waals surface area contributed by atoms with E-state index >= 15 is 0 Å². The second kappa shape index (κ2) is 8.99. The molecule has 1 aliphatic heterocycles. The number of ether oxygens (including phenoxy) is 1. The van der Waals surface area contributed by atoms with E-state index in [-0.39, 0.29) is 30.0 Å². The maximum Gasteiger partial charge on any atom is 0.270 e. The summed E-state index contributed by atoms with van der Waals surface area (Å²) in [5.74, 6) is 1.72. The third-order valence-electron chi connectivity index (χ3n) is 4.63. The fraction of sp³-hybridized carbons (Fsp3) is 0.263. The summed E-state index contributed by atoms with van der Waals surface area (Å²) < 4.78 is 11.3. The maximum atomic E-state index is 11.2. The molecule has 2 aromatic carbocycles. The molecule has 152 valence electrons. The van der Waals surface area contributed by atoms with E-state index < -0.39 is 4.92 Å². The molecule has 1 N–H and O–H groups in total. The smallest absolute Gasteiger partial charge is 0.270 e. The van der Waals surface area contributed by atoms with Crippen molar-refractivity contribution in [2.45, 2.75) is 6.04 Å². The summed E-state index contributed by atoms with van der Waals surface area (Å²) >= 11 is 0. The van der Waals surface area contributed by atoms with Gasteiger partial charge in [0, 0.05) is 31.8 Å². The molecule has 1 aromatic heterocycles. The van der Waals surface area contributed by atoms with Crippen LogP contribution in [0, 0.1) is 10.1 Å². The minimum atomic E-state index is -0.466. The summed E-state index contributed by atoms with van der Waals surface area (Å²) in [6.45, 7) is 2.48. The predicted octanol–water partition coefficient (Wildman–Crippen LogP) is 3.44. The van der Waals surface area contributed by atoms with Gasteiger partial charge in [0.1, 0.15) is 11.5 Å². The zero-order valence-electron chi connectivity index (χ0n) is 15.6. The van der Waals surface area contributed by atoms with E-state index in [0.717, 1.165) is 13.1 Å². The Morgan fingerprint density at radius 3 is 2.79 bits per heavy atom. The molecule has 1 saturated heterocycles. The Labute approximate surface area is 173 Å². The number of rotatable bonds is 5. The second-order valence-corrected chi connectivity index (χ2v) is 6.51. The number of hydrogen-bond acceptors (Lipinski definition) is 8. The Morgan fingerprint density at radius 2 is 2.07 bits per heavy atom. The number of piperazine rings is 1. The topological polar surface area (TPSA) is 107 Å². The molecule has 1 atom stereocenters. The molecule has 29 heavy (non-hydrogen) atoms. The first kappa shape index (κ1) is 20.7. The molecular weight excluding hydrogens is 398 g/mol. The Morgan fingerprint density at radius 1 is 1.28 bits per heavy atom. The van der Waals surface area contributed by atoms with Crippen LogP contribution in [0.2, 0.25) is 0 Å². The molecule has 0 saturated carbocycles. The third kappa shape index (κ3) is 4.53. The van der Waals surface area contributed by atoms with Gasteiger partial charge in [-0.05, 0) is 25.2 Å². The lowest BCUT2D eigenvalue weighted by molar-refractivity contribution is -0.384. The molecule has 1 aliphatic rings. The first-order chi connectivity index (χ1) is 13.6. The van der Waals surface area contributed by atoms with Gasteiger partial charge in [-0.25, -0.2) is 0 Å². The van der Waals surface area contributed by atoms with Crippen molar-refractivity contribution in [1.82, 2.24) is 20.4 Å². The summed E-state index contributed by atoms with van der Waals surface area (Å²) in [5.41, 5.74) is 0.301. The number of para-hydroxylation sites is 1. The van der Waals surface area contributed by atoms with Crippen molar-refractivity contribution in [2.75, 3.05) is 26.7 Å². The minimum absolute atomic E-state index is 0. The molecule has 10 heteroatoms. The maximum absolute atomic E-state index is 11.2. The molecule has 0 amide bonds. The van der Waals surface area contributed by atoms with Gasteiger partial charge in [-0.3, -0.25) is 15.0 Å². The fourth-order valence-corrected chi connectivity index (χ4v) is 3.08. The van der Waals surface area contributed by atoms with E-state index in [4.69, 9.17) is 9.26 Å². The Kier molecular flexibility index (Phi) is 6.42. The molecule has 0 radical (unpaired) electrons. The van der Waals surface area contributed by atoms with Crippen molar-refractivity contribution in [3.8, 4) is 23.0 Å². The van der Waals surface area contributed by atoms with Crippen LogP contribution in [0.15, 0.2) is 53.1 Å². The van der Waals surface area contributed by atoms with Crippen LogP contribution in [-0.2, 0) is 0 Å². The van der Waals surface area contributed by atoms with Gasteiger partial charge in [0.2, 0.25) is 0 Å². The average molecular weight is 418 g/mol. The lowest BCUT2D eigenvalue weighted by Crippen LogP contribution is -2.44. The standard InChI is InChI=1S/C19H19N5O4.ClH/c1-23-10-9-20-12-16(23)18-21-19(28-22-18)15-11-13(24(25)26)7-8-17(15)27-14-5-3-2-4-6-14;/h2-8,11,16,20H,9-10,12H2,1H3;1H. The van der Waals surface area contributed by atoms with Gasteiger partial charge >= 0.3 is 0 Å². The van der Waals surface area contributed by atoms with Crippen molar-refractivity contribution in [3.05, 3.63) is 64.5 Å². The number of benzene rings is 2. The first-order valence-electron chi connectivity index (χ1n) is 8.88. The van der Waals surface area contributed by atoms with Crippen LogP contribution < -0.4 is 10.1 Å². The van der Waals surface area contributed by atoms with Crippen LogP contribution in [0.4, 0.5) is 5.69 Å². The molecule has 9 nitrogen and oxygen atoms in total. The number of hydrogen-bond donors (Lipinski definition) is 1. The van der Waals surface area contributed by atoms with E-state index in [1.165, 1.54) is 12.1 Å². The quantitative estimate of drug-likeness (QED) is 0.497. The van der Waals surface area contributed by atoms with Crippen LogP contribution in [0.5, 0.6) is 11.5 Å². The van der Waals surface area contributed by atoms with Crippen LogP contribution in [-0.4, -0.2) is 46.6 Å². The molecule has 0 aliphatic carbocycles. The molecule has 1 unspecified atom stereocenters. The number of likely N-dealkylation sites (N-methyl/N-ethyl adjacent to an activating group) is 1.